The first-order chi connectivity index (χ1) is 8.70. The van der Waals surface area contributed by atoms with E-state index in [9.17, 15) is 0 Å². The summed E-state index contributed by atoms with van der Waals surface area (Å²) in [5.41, 5.74) is 4.02. The summed E-state index contributed by atoms with van der Waals surface area (Å²) in [5.74, 6) is 6.17. The fourth-order valence-corrected chi connectivity index (χ4v) is 2.44. The molecule has 2 heterocycles. The van der Waals surface area contributed by atoms with Gasteiger partial charge < -0.3 is 4.74 Å². The molecule has 5 nitrogen and oxygen atoms in total. The van der Waals surface area contributed by atoms with Crippen molar-refractivity contribution in [2.45, 2.75) is 45.2 Å². The zero-order valence-electron chi connectivity index (χ0n) is 11.3. The second-order valence-electron chi connectivity index (χ2n) is 5.34. The number of rotatable bonds is 5. The van der Waals surface area contributed by atoms with Gasteiger partial charge in [-0.25, -0.2) is 0 Å². The summed E-state index contributed by atoms with van der Waals surface area (Å²) in [5, 5.41) is 4.57. The monoisotopic (exact) mass is 252 g/mol. The smallest absolute Gasteiger partial charge is 0.0640 e. The molecule has 2 atom stereocenters. The highest BCUT2D eigenvalue weighted by Gasteiger charge is 2.24. The Morgan fingerprint density at radius 1 is 1.61 bits per heavy atom. The van der Waals surface area contributed by atoms with Crippen molar-refractivity contribution in [1.82, 2.24) is 15.2 Å². The summed E-state index contributed by atoms with van der Waals surface area (Å²) in [4.78, 5) is 0. The zero-order valence-corrected chi connectivity index (χ0v) is 11.3. The average Bonchev–Trinajstić information content (AvgIpc) is 2.86. The summed E-state index contributed by atoms with van der Waals surface area (Å²) < 4.78 is 7.51. The maximum atomic E-state index is 5.68. The first kappa shape index (κ1) is 13.5. The minimum atomic E-state index is 0.251. The number of aromatic nitrogens is 2. The molecule has 18 heavy (non-hydrogen) atoms. The van der Waals surface area contributed by atoms with Crippen LogP contribution in [0.1, 0.15) is 38.4 Å². The van der Waals surface area contributed by atoms with Crippen molar-refractivity contribution in [1.29, 1.82) is 0 Å². The van der Waals surface area contributed by atoms with E-state index >= 15 is 0 Å². The second-order valence-corrected chi connectivity index (χ2v) is 5.34. The number of nitrogens with two attached hydrogens (primary N) is 1. The van der Waals surface area contributed by atoms with Gasteiger partial charge in [-0.15, -0.1) is 0 Å². The Labute approximate surface area is 109 Å². The normalized spacial score (nSPS) is 22.3. The van der Waals surface area contributed by atoms with Crippen LogP contribution < -0.4 is 11.3 Å². The number of ether oxygens (including phenoxy) is 1. The van der Waals surface area contributed by atoms with E-state index in [-0.39, 0.29) is 6.04 Å². The largest absolute Gasteiger partial charge is 0.381 e. The number of hydrogen-bond donors (Lipinski definition) is 2. The molecular weight excluding hydrogens is 228 g/mol. The van der Waals surface area contributed by atoms with Crippen molar-refractivity contribution < 1.29 is 4.74 Å². The summed E-state index contributed by atoms with van der Waals surface area (Å²) in [6, 6.07) is 2.73. The molecule has 2 unspecified atom stereocenters. The van der Waals surface area contributed by atoms with Gasteiger partial charge in [-0.05, 0) is 38.7 Å². The predicted octanol–water partition coefficient (Wildman–Crippen LogP) is 1.27. The Morgan fingerprint density at radius 3 is 3.00 bits per heavy atom. The van der Waals surface area contributed by atoms with Gasteiger partial charge in [-0.1, -0.05) is 0 Å². The first-order valence-electron chi connectivity index (χ1n) is 6.78. The molecule has 1 aliphatic rings. The van der Waals surface area contributed by atoms with Crippen LogP contribution in [-0.2, 0) is 11.2 Å². The SMILES string of the molecule is CC(C)n1ccc(CC(NN)C2CCCOC2)n1. The van der Waals surface area contributed by atoms with Crippen LogP contribution in [0.5, 0.6) is 0 Å². The van der Waals surface area contributed by atoms with Crippen molar-refractivity contribution in [2.75, 3.05) is 13.2 Å². The van der Waals surface area contributed by atoms with E-state index in [1.54, 1.807) is 0 Å². The molecule has 0 amide bonds. The van der Waals surface area contributed by atoms with Gasteiger partial charge >= 0.3 is 0 Å². The summed E-state index contributed by atoms with van der Waals surface area (Å²) in [6.45, 7) is 5.95. The minimum absolute atomic E-state index is 0.251. The van der Waals surface area contributed by atoms with Crippen LogP contribution in [0, 0.1) is 5.92 Å². The quantitative estimate of drug-likeness (QED) is 0.612. The topological polar surface area (TPSA) is 65.1 Å². The lowest BCUT2D eigenvalue weighted by atomic mass is 9.91. The van der Waals surface area contributed by atoms with Gasteiger partial charge in [0.15, 0.2) is 0 Å². The van der Waals surface area contributed by atoms with Gasteiger partial charge in [-0.2, -0.15) is 5.10 Å². The Hall–Kier alpha value is -0.910. The molecule has 1 aliphatic heterocycles. The Morgan fingerprint density at radius 2 is 2.44 bits per heavy atom. The van der Waals surface area contributed by atoms with Gasteiger partial charge in [-0.3, -0.25) is 16.0 Å². The third-order valence-electron chi connectivity index (χ3n) is 3.60. The zero-order chi connectivity index (χ0) is 13.0. The van der Waals surface area contributed by atoms with Gasteiger partial charge in [0.25, 0.3) is 0 Å². The van der Waals surface area contributed by atoms with Gasteiger partial charge in [0.2, 0.25) is 0 Å². The maximum absolute atomic E-state index is 5.68. The van der Waals surface area contributed by atoms with E-state index in [1.807, 2.05) is 10.9 Å². The fraction of sp³-hybridized carbons (Fsp3) is 0.769. The van der Waals surface area contributed by atoms with Gasteiger partial charge in [0, 0.05) is 31.3 Å². The molecule has 0 bridgehead atoms. The van der Waals surface area contributed by atoms with Crippen LogP contribution in [0.25, 0.3) is 0 Å². The van der Waals surface area contributed by atoms with Crippen LogP contribution in [0.3, 0.4) is 0 Å². The molecule has 0 aromatic carbocycles. The van der Waals surface area contributed by atoms with Crippen LogP contribution >= 0.6 is 0 Å². The predicted molar refractivity (Wildman–Crippen MR) is 71.0 cm³/mol. The third kappa shape index (κ3) is 3.31. The lowest BCUT2D eigenvalue weighted by Gasteiger charge is -2.29. The van der Waals surface area contributed by atoms with Gasteiger partial charge in [0.05, 0.1) is 12.3 Å². The number of nitrogens with zero attached hydrogens (tertiary/aromatic N) is 2. The summed E-state index contributed by atoms with van der Waals surface area (Å²) in [7, 11) is 0. The van der Waals surface area contributed by atoms with Crippen molar-refractivity contribution in [3.05, 3.63) is 18.0 Å². The molecule has 1 aromatic heterocycles. The van der Waals surface area contributed by atoms with E-state index in [0.29, 0.717) is 12.0 Å². The van der Waals surface area contributed by atoms with Gasteiger partial charge in [0.1, 0.15) is 0 Å². The molecular formula is C13H24N4O. The van der Waals surface area contributed by atoms with E-state index < -0.39 is 0 Å². The van der Waals surface area contributed by atoms with Crippen LogP contribution in [0.15, 0.2) is 12.3 Å². The Bertz CT molecular complexity index is 358. The van der Waals surface area contributed by atoms with Crippen LogP contribution in [-0.4, -0.2) is 29.0 Å². The van der Waals surface area contributed by atoms with Crippen LogP contribution in [0.2, 0.25) is 0 Å². The highest BCUT2D eigenvalue weighted by molar-refractivity contribution is 5.03. The molecule has 1 fully saturated rings. The maximum Gasteiger partial charge on any atom is 0.0640 e. The minimum Gasteiger partial charge on any atom is -0.381 e. The van der Waals surface area contributed by atoms with Crippen LogP contribution in [0.4, 0.5) is 0 Å². The van der Waals surface area contributed by atoms with Crippen molar-refractivity contribution in [3.63, 3.8) is 0 Å². The molecule has 0 saturated carbocycles. The van der Waals surface area contributed by atoms with E-state index in [0.717, 1.165) is 31.7 Å². The Kier molecular flexibility index (Phi) is 4.74. The van der Waals surface area contributed by atoms with E-state index in [4.69, 9.17) is 10.6 Å². The summed E-state index contributed by atoms with van der Waals surface area (Å²) >= 11 is 0. The molecule has 0 aliphatic carbocycles. The third-order valence-corrected chi connectivity index (χ3v) is 3.60. The Balaban J connectivity index is 1.95. The van der Waals surface area contributed by atoms with Crippen molar-refractivity contribution in [2.24, 2.45) is 11.8 Å². The molecule has 1 saturated heterocycles. The standard InChI is InChI=1S/C13H24N4O/c1-10(2)17-6-5-12(16-17)8-13(15-14)11-4-3-7-18-9-11/h5-6,10-11,13,15H,3-4,7-9,14H2,1-2H3. The molecule has 102 valence electrons. The van der Waals surface area contributed by atoms with Crippen molar-refractivity contribution >= 4 is 0 Å². The molecule has 3 N–H and O–H groups in total. The molecule has 2 rings (SSSR count). The lowest BCUT2D eigenvalue weighted by molar-refractivity contribution is 0.0391. The van der Waals surface area contributed by atoms with Crippen molar-refractivity contribution in [3.8, 4) is 0 Å². The molecule has 0 radical (unpaired) electrons. The van der Waals surface area contributed by atoms with E-state index in [1.165, 1.54) is 6.42 Å². The molecule has 5 heteroatoms. The second kappa shape index (κ2) is 6.31. The molecule has 0 spiro atoms. The van der Waals surface area contributed by atoms with E-state index in [2.05, 4.69) is 30.4 Å². The first-order valence-corrected chi connectivity index (χ1v) is 6.78. The number of nitrogens with one attached hydrogen (secondary N) is 1. The number of hydrogen-bond acceptors (Lipinski definition) is 4. The lowest BCUT2D eigenvalue weighted by Crippen LogP contribution is -2.45. The summed E-state index contributed by atoms with van der Waals surface area (Å²) in [6.07, 6.45) is 5.21. The molecule has 1 aromatic rings. The average molecular weight is 252 g/mol. The highest BCUT2D eigenvalue weighted by atomic mass is 16.5. The number of hydrazine groups is 1. The fourth-order valence-electron chi connectivity index (χ4n) is 2.44. The highest BCUT2D eigenvalue weighted by Crippen LogP contribution is 2.19.